The smallest absolute Gasteiger partial charge is 0.249 e. The van der Waals surface area contributed by atoms with E-state index in [1.807, 2.05) is 24.3 Å². The Balaban J connectivity index is 1.83. The predicted octanol–water partition coefficient (Wildman–Crippen LogP) is 6.13. The molecule has 0 aliphatic rings. The van der Waals surface area contributed by atoms with Crippen molar-refractivity contribution in [3.05, 3.63) is 94.7 Å². The summed E-state index contributed by atoms with van der Waals surface area (Å²) in [5, 5.41) is 1.92. The maximum absolute atomic E-state index is 12.2. The molecule has 0 saturated heterocycles. The average molecular weight is 409 g/mol. The number of primary amides is 1. The van der Waals surface area contributed by atoms with Crippen molar-refractivity contribution < 1.29 is 9.21 Å². The Labute approximate surface area is 180 Å². The highest BCUT2D eigenvalue weighted by atomic mass is 16.3. The van der Waals surface area contributed by atoms with Crippen LogP contribution in [0.3, 0.4) is 0 Å². The molecule has 154 valence electrons. The number of amides is 1. The van der Waals surface area contributed by atoms with Crippen LogP contribution in [0, 0.1) is 20.8 Å². The predicted molar refractivity (Wildman–Crippen MR) is 125 cm³/mol. The summed E-state index contributed by atoms with van der Waals surface area (Å²) in [4.78, 5) is 12.2. The number of nitrogens with zero attached hydrogens (tertiary/aromatic N) is 1. The molecule has 2 aromatic heterocycles. The van der Waals surface area contributed by atoms with E-state index in [1.165, 1.54) is 22.3 Å². The maximum atomic E-state index is 12.2. The lowest BCUT2D eigenvalue weighted by atomic mass is 9.99. The van der Waals surface area contributed by atoms with E-state index in [2.05, 4.69) is 55.7 Å². The van der Waals surface area contributed by atoms with Crippen molar-refractivity contribution in [3.63, 3.8) is 0 Å². The van der Waals surface area contributed by atoms with Crippen LogP contribution >= 0.6 is 0 Å². The van der Waals surface area contributed by atoms with Crippen molar-refractivity contribution in [1.82, 2.24) is 4.57 Å². The summed E-state index contributed by atoms with van der Waals surface area (Å²) >= 11 is 0. The van der Waals surface area contributed by atoms with Crippen LogP contribution in [0.25, 0.3) is 33.1 Å². The van der Waals surface area contributed by atoms with Gasteiger partial charge in [-0.05, 0) is 67.8 Å². The number of benzene rings is 3. The van der Waals surface area contributed by atoms with E-state index in [1.54, 1.807) is 12.3 Å². The van der Waals surface area contributed by atoms with Gasteiger partial charge in [-0.15, -0.1) is 0 Å². The fourth-order valence-electron chi connectivity index (χ4n) is 4.73. The highest BCUT2D eigenvalue weighted by Gasteiger charge is 2.18. The largest absolute Gasteiger partial charge is 0.464 e. The monoisotopic (exact) mass is 408 g/mol. The van der Waals surface area contributed by atoms with Gasteiger partial charge in [0.05, 0.1) is 17.3 Å². The number of fused-ring (bicyclic) bond motifs is 3. The number of hydrogen-bond acceptors (Lipinski definition) is 2. The summed E-state index contributed by atoms with van der Waals surface area (Å²) in [6.07, 6.45) is 1.68. The molecule has 0 unspecified atom stereocenters. The van der Waals surface area contributed by atoms with Gasteiger partial charge >= 0.3 is 0 Å². The van der Waals surface area contributed by atoms with E-state index in [0.29, 0.717) is 12.1 Å². The van der Waals surface area contributed by atoms with Crippen LogP contribution in [0.15, 0.2) is 71.3 Å². The third-order valence-corrected chi connectivity index (χ3v) is 6.12. The van der Waals surface area contributed by atoms with Crippen molar-refractivity contribution in [2.24, 2.45) is 5.73 Å². The molecule has 5 aromatic rings. The van der Waals surface area contributed by atoms with Crippen molar-refractivity contribution in [3.8, 4) is 11.3 Å². The minimum atomic E-state index is -0.414. The number of rotatable bonds is 4. The maximum Gasteiger partial charge on any atom is 0.249 e. The van der Waals surface area contributed by atoms with Gasteiger partial charge in [-0.1, -0.05) is 35.9 Å². The number of aromatic nitrogens is 1. The van der Waals surface area contributed by atoms with Crippen molar-refractivity contribution in [2.75, 3.05) is 0 Å². The Morgan fingerprint density at radius 2 is 1.71 bits per heavy atom. The number of aryl methyl sites for hydroxylation is 3. The molecular formula is C27H24N2O2. The van der Waals surface area contributed by atoms with Gasteiger partial charge in [0.2, 0.25) is 5.91 Å². The lowest BCUT2D eigenvalue weighted by molar-refractivity contribution is 0.100. The van der Waals surface area contributed by atoms with Crippen LogP contribution in [0.5, 0.6) is 0 Å². The zero-order valence-electron chi connectivity index (χ0n) is 17.9. The molecule has 0 radical (unpaired) electrons. The molecule has 4 nitrogen and oxygen atoms in total. The average Bonchev–Trinajstić information content (AvgIpc) is 3.37. The molecule has 0 fully saturated rings. The van der Waals surface area contributed by atoms with E-state index < -0.39 is 5.91 Å². The summed E-state index contributed by atoms with van der Waals surface area (Å²) < 4.78 is 7.92. The number of hydrogen-bond donors (Lipinski definition) is 1. The summed E-state index contributed by atoms with van der Waals surface area (Å²) in [5.74, 6) is 0.402. The summed E-state index contributed by atoms with van der Waals surface area (Å²) in [7, 11) is 0. The van der Waals surface area contributed by atoms with Gasteiger partial charge in [-0.3, -0.25) is 4.79 Å². The highest BCUT2D eigenvalue weighted by Crippen LogP contribution is 2.35. The van der Waals surface area contributed by atoms with Crippen LogP contribution < -0.4 is 5.73 Å². The first-order valence-electron chi connectivity index (χ1n) is 10.4. The minimum absolute atomic E-state index is 0.414. The van der Waals surface area contributed by atoms with Gasteiger partial charge in [-0.2, -0.15) is 0 Å². The summed E-state index contributed by atoms with van der Waals surface area (Å²) in [6.45, 7) is 7.15. The van der Waals surface area contributed by atoms with Crippen LogP contribution in [0.1, 0.15) is 32.6 Å². The van der Waals surface area contributed by atoms with Gasteiger partial charge in [0.1, 0.15) is 5.76 Å². The first kappa shape index (κ1) is 19.2. The second-order valence-corrected chi connectivity index (χ2v) is 8.24. The molecule has 0 aliphatic heterocycles. The molecule has 0 saturated carbocycles. The summed E-state index contributed by atoms with van der Waals surface area (Å²) in [6, 6.07) is 20.3. The lowest BCUT2D eigenvalue weighted by Crippen LogP contribution is -2.11. The second-order valence-electron chi connectivity index (χ2n) is 8.24. The Kier molecular flexibility index (Phi) is 4.44. The highest BCUT2D eigenvalue weighted by molar-refractivity contribution is 6.18. The van der Waals surface area contributed by atoms with Crippen molar-refractivity contribution in [2.45, 2.75) is 27.3 Å². The fourth-order valence-corrected chi connectivity index (χ4v) is 4.73. The first-order valence-corrected chi connectivity index (χ1v) is 10.4. The van der Waals surface area contributed by atoms with Gasteiger partial charge in [-0.25, -0.2) is 0 Å². The van der Waals surface area contributed by atoms with Crippen LogP contribution in [-0.2, 0) is 6.54 Å². The van der Waals surface area contributed by atoms with Gasteiger partial charge in [0.15, 0.2) is 0 Å². The molecule has 3 aromatic carbocycles. The zero-order valence-corrected chi connectivity index (χ0v) is 17.9. The lowest BCUT2D eigenvalue weighted by Gasteiger charge is -2.15. The molecule has 0 aliphatic carbocycles. The Bertz CT molecular complexity index is 1430. The standard InChI is InChI=1S/C27H24N2O2/c1-16-12-17(2)22(18(3)13-16)15-29-23-7-4-6-21(27(28)30)26(23)20-10-9-19(14-24(20)29)25-8-5-11-31-25/h4-14H,15H2,1-3H3,(H2,28,30). The van der Waals surface area contributed by atoms with Crippen molar-refractivity contribution in [1.29, 1.82) is 0 Å². The Hall–Kier alpha value is -3.79. The number of furan rings is 1. The van der Waals surface area contributed by atoms with E-state index >= 15 is 0 Å². The number of carbonyl (C=O) groups is 1. The van der Waals surface area contributed by atoms with Crippen LogP contribution in [-0.4, -0.2) is 10.5 Å². The molecule has 2 heterocycles. The molecule has 4 heteroatoms. The normalized spacial score (nSPS) is 11.5. The summed E-state index contributed by atoms with van der Waals surface area (Å²) in [5.41, 5.74) is 14.4. The minimum Gasteiger partial charge on any atom is -0.464 e. The number of nitrogens with two attached hydrogens (primary N) is 1. The first-order chi connectivity index (χ1) is 14.9. The second kappa shape index (κ2) is 7.17. The van der Waals surface area contributed by atoms with Crippen LogP contribution in [0.4, 0.5) is 0 Å². The molecule has 0 spiro atoms. The zero-order chi connectivity index (χ0) is 21.7. The molecule has 31 heavy (non-hydrogen) atoms. The SMILES string of the molecule is Cc1cc(C)c(Cn2c3cc(-c4ccco4)ccc3c3c(C(N)=O)cccc32)c(C)c1. The topological polar surface area (TPSA) is 61.2 Å². The Morgan fingerprint density at radius 3 is 2.39 bits per heavy atom. The van der Waals surface area contributed by atoms with E-state index in [0.717, 1.165) is 33.1 Å². The van der Waals surface area contributed by atoms with Gasteiger partial charge < -0.3 is 14.7 Å². The molecule has 0 bridgehead atoms. The Morgan fingerprint density at radius 1 is 0.935 bits per heavy atom. The third kappa shape index (κ3) is 3.12. The number of carbonyl (C=O) groups excluding carboxylic acids is 1. The third-order valence-electron chi connectivity index (χ3n) is 6.12. The van der Waals surface area contributed by atoms with Gasteiger partial charge in [0.25, 0.3) is 0 Å². The van der Waals surface area contributed by atoms with E-state index in [-0.39, 0.29) is 0 Å². The van der Waals surface area contributed by atoms with Crippen molar-refractivity contribution >= 4 is 27.7 Å². The molecule has 5 rings (SSSR count). The van der Waals surface area contributed by atoms with E-state index in [4.69, 9.17) is 10.2 Å². The van der Waals surface area contributed by atoms with Gasteiger partial charge in [0, 0.05) is 28.4 Å². The fraction of sp³-hybridized carbons (Fsp3) is 0.148. The molecule has 0 atom stereocenters. The molecular weight excluding hydrogens is 384 g/mol. The quantitative estimate of drug-likeness (QED) is 0.389. The molecule has 1 amide bonds. The van der Waals surface area contributed by atoms with E-state index in [9.17, 15) is 4.79 Å². The molecule has 2 N–H and O–H groups in total. The van der Waals surface area contributed by atoms with Crippen LogP contribution in [0.2, 0.25) is 0 Å².